The third-order valence-corrected chi connectivity index (χ3v) is 4.41. The first-order valence-corrected chi connectivity index (χ1v) is 8.61. The number of amides is 1. The van der Waals surface area contributed by atoms with E-state index < -0.39 is 29.3 Å². The van der Waals surface area contributed by atoms with Crippen LogP contribution in [0.4, 0.5) is 10.1 Å². The average Bonchev–Trinajstić information content (AvgIpc) is 2.60. The molecule has 142 valence electrons. The van der Waals surface area contributed by atoms with Crippen molar-refractivity contribution in [2.45, 2.75) is 39.8 Å². The number of likely N-dealkylation sites (N-methyl/N-ethyl adjacent to an activating group) is 1. The standard InChI is InChI=1S/C18H24FN3O4/c1-5-21-10-12(19)9-13(16(21)23)22-8-7-11(3)14(17(22)24)15(20-4)18(25)26-6-2/h9-10,15,20H,5-8H2,1-4H3. The molecule has 0 spiro atoms. The van der Waals surface area contributed by atoms with Crippen molar-refractivity contribution >= 4 is 17.6 Å². The fourth-order valence-corrected chi connectivity index (χ4v) is 3.06. The van der Waals surface area contributed by atoms with Crippen molar-refractivity contribution in [1.82, 2.24) is 9.88 Å². The molecule has 2 heterocycles. The maximum Gasteiger partial charge on any atom is 0.327 e. The quantitative estimate of drug-likeness (QED) is 0.767. The van der Waals surface area contributed by atoms with Crippen molar-refractivity contribution in [2.75, 3.05) is 25.1 Å². The monoisotopic (exact) mass is 365 g/mol. The van der Waals surface area contributed by atoms with Gasteiger partial charge in [-0.1, -0.05) is 5.57 Å². The van der Waals surface area contributed by atoms with Crippen LogP contribution in [0.3, 0.4) is 0 Å². The molecule has 1 atom stereocenters. The molecule has 8 heteroatoms. The van der Waals surface area contributed by atoms with Crippen LogP contribution in [0.25, 0.3) is 0 Å². The Hall–Kier alpha value is -2.48. The molecule has 26 heavy (non-hydrogen) atoms. The Morgan fingerprint density at radius 3 is 2.65 bits per heavy atom. The summed E-state index contributed by atoms with van der Waals surface area (Å²) in [6.07, 6.45) is 1.58. The van der Waals surface area contributed by atoms with E-state index in [-0.39, 0.29) is 31.0 Å². The van der Waals surface area contributed by atoms with E-state index in [1.165, 1.54) is 9.47 Å². The summed E-state index contributed by atoms with van der Waals surface area (Å²) in [5.74, 6) is -1.66. The minimum atomic E-state index is -0.938. The summed E-state index contributed by atoms with van der Waals surface area (Å²) in [7, 11) is 1.56. The van der Waals surface area contributed by atoms with E-state index in [0.717, 1.165) is 17.8 Å². The van der Waals surface area contributed by atoms with E-state index in [2.05, 4.69) is 5.32 Å². The molecule has 0 bridgehead atoms. The van der Waals surface area contributed by atoms with Gasteiger partial charge >= 0.3 is 5.97 Å². The van der Waals surface area contributed by atoms with E-state index in [4.69, 9.17) is 4.74 Å². The van der Waals surface area contributed by atoms with Crippen LogP contribution < -0.4 is 15.8 Å². The number of carbonyl (C=O) groups excluding carboxylic acids is 2. The summed E-state index contributed by atoms with van der Waals surface area (Å²) in [5, 5.41) is 2.80. The fraction of sp³-hybridized carbons (Fsp3) is 0.500. The van der Waals surface area contributed by atoms with E-state index >= 15 is 0 Å². The largest absolute Gasteiger partial charge is 0.465 e. The number of halogens is 1. The Kier molecular flexibility index (Phi) is 6.31. The maximum atomic E-state index is 13.9. The highest BCUT2D eigenvalue weighted by Crippen LogP contribution is 2.26. The first kappa shape index (κ1) is 19.8. The van der Waals surface area contributed by atoms with Crippen LogP contribution >= 0.6 is 0 Å². The molecule has 1 aromatic heterocycles. The normalized spacial score (nSPS) is 16.0. The second-order valence-electron chi connectivity index (χ2n) is 6.01. The van der Waals surface area contributed by atoms with Crippen molar-refractivity contribution in [3.05, 3.63) is 39.6 Å². The molecule has 1 aliphatic rings. The second-order valence-corrected chi connectivity index (χ2v) is 6.01. The van der Waals surface area contributed by atoms with Gasteiger partial charge in [-0.15, -0.1) is 0 Å². The molecule has 1 N–H and O–H groups in total. The lowest BCUT2D eigenvalue weighted by molar-refractivity contribution is -0.145. The van der Waals surface area contributed by atoms with Crippen LogP contribution in [-0.2, 0) is 20.9 Å². The number of rotatable bonds is 6. The molecule has 0 radical (unpaired) electrons. The zero-order valence-electron chi connectivity index (χ0n) is 15.5. The predicted octanol–water partition coefficient (Wildman–Crippen LogP) is 1.21. The number of esters is 1. The molecule has 0 aromatic carbocycles. The highest BCUT2D eigenvalue weighted by molar-refractivity contribution is 6.11. The summed E-state index contributed by atoms with van der Waals surface area (Å²) in [6, 6.07) is 0.121. The minimum absolute atomic E-state index is 0.0273. The van der Waals surface area contributed by atoms with Crippen LogP contribution in [0, 0.1) is 5.82 Å². The number of nitrogens with one attached hydrogen (secondary N) is 1. The number of anilines is 1. The third kappa shape index (κ3) is 3.70. The molecule has 1 amide bonds. The summed E-state index contributed by atoms with van der Waals surface area (Å²) < 4.78 is 20.2. The minimum Gasteiger partial charge on any atom is -0.465 e. The summed E-state index contributed by atoms with van der Waals surface area (Å²) in [5.41, 5.74) is 0.508. The van der Waals surface area contributed by atoms with Gasteiger partial charge < -0.3 is 19.5 Å². The third-order valence-electron chi connectivity index (χ3n) is 4.41. The zero-order chi connectivity index (χ0) is 19.4. The van der Waals surface area contributed by atoms with Gasteiger partial charge in [-0.3, -0.25) is 9.59 Å². The Labute approximate surface area is 151 Å². The van der Waals surface area contributed by atoms with Gasteiger partial charge in [-0.2, -0.15) is 0 Å². The van der Waals surface area contributed by atoms with Crippen molar-refractivity contribution in [3.8, 4) is 0 Å². The molecule has 0 fully saturated rings. The Morgan fingerprint density at radius 1 is 1.38 bits per heavy atom. The summed E-state index contributed by atoms with van der Waals surface area (Å²) in [4.78, 5) is 39.1. The molecule has 1 aliphatic heterocycles. The molecule has 0 saturated carbocycles. The molecule has 1 aromatic rings. The van der Waals surface area contributed by atoms with Gasteiger partial charge in [0.15, 0.2) is 0 Å². The van der Waals surface area contributed by atoms with Gasteiger partial charge in [0.05, 0.1) is 6.61 Å². The first-order valence-electron chi connectivity index (χ1n) is 8.61. The lowest BCUT2D eigenvalue weighted by Crippen LogP contribution is -2.49. The molecule has 7 nitrogen and oxygen atoms in total. The van der Waals surface area contributed by atoms with E-state index in [1.54, 1.807) is 27.8 Å². The van der Waals surface area contributed by atoms with Crippen LogP contribution in [0.15, 0.2) is 28.2 Å². The van der Waals surface area contributed by atoms with E-state index in [1.807, 2.05) is 0 Å². The van der Waals surface area contributed by atoms with Crippen molar-refractivity contribution in [3.63, 3.8) is 0 Å². The van der Waals surface area contributed by atoms with Crippen LogP contribution in [0.2, 0.25) is 0 Å². The highest BCUT2D eigenvalue weighted by atomic mass is 19.1. The van der Waals surface area contributed by atoms with Gasteiger partial charge in [0, 0.05) is 30.9 Å². The number of nitrogens with zero attached hydrogens (tertiary/aromatic N) is 2. The topological polar surface area (TPSA) is 80.6 Å². The number of carbonyl (C=O) groups is 2. The number of pyridine rings is 1. The Bertz CT molecular complexity index is 800. The molecular formula is C18H24FN3O4. The maximum absolute atomic E-state index is 13.9. The van der Waals surface area contributed by atoms with Gasteiger partial charge in [0.2, 0.25) is 0 Å². The highest BCUT2D eigenvalue weighted by Gasteiger charge is 2.36. The zero-order valence-corrected chi connectivity index (χ0v) is 15.5. The van der Waals surface area contributed by atoms with Crippen molar-refractivity contribution < 1.29 is 18.7 Å². The van der Waals surface area contributed by atoms with Crippen LogP contribution in [-0.4, -0.2) is 42.7 Å². The van der Waals surface area contributed by atoms with Gasteiger partial charge in [0.1, 0.15) is 17.5 Å². The summed E-state index contributed by atoms with van der Waals surface area (Å²) in [6.45, 7) is 5.89. The number of aromatic nitrogens is 1. The van der Waals surface area contributed by atoms with E-state index in [9.17, 15) is 18.8 Å². The number of hydrogen-bond donors (Lipinski definition) is 1. The van der Waals surface area contributed by atoms with Crippen molar-refractivity contribution in [2.24, 2.45) is 0 Å². The van der Waals surface area contributed by atoms with Gasteiger partial charge in [-0.25, -0.2) is 9.18 Å². The SMILES string of the molecule is CCOC(=O)C(NC)C1=C(C)CCN(c2cc(F)cn(CC)c2=O)C1=O. The summed E-state index contributed by atoms with van der Waals surface area (Å²) >= 11 is 0. The lowest BCUT2D eigenvalue weighted by Gasteiger charge is -2.32. The predicted molar refractivity (Wildman–Crippen MR) is 95.5 cm³/mol. The second kappa shape index (κ2) is 8.27. The lowest BCUT2D eigenvalue weighted by atomic mass is 9.94. The Balaban J connectivity index is 2.48. The molecule has 0 saturated heterocycles. The average molecular weight is 365 g/mol. The van der Waals surface area contributed by atoms with E-state index in [0.29, 0.717) is 6.42 Å². The molecule has 0 aliphatic carbocycles. The van der Waals surface area contributed by atoms with Gasteiger partial charge in [-0.05, 0) is 34.2 Å². The van der Waals surface area contributed by atoms with Crippen molar-refractivity contribution in [1.29, 1.82) is 0 Å². The van der Waals surface area contributed by atoms with Crippen LogP contribution in [0.5, 0.6) is 0 Å². The number of aryl methyl sites for hydroxylation is 1. The van der Waals surface area contributed by atoms with Crippen LogP contribution in [0.1, 0.15) is 27.2 Å². The molecular weight excluding hydrogens is 341 g/mol. The Morgan fingerprint density at radius 2 is 2.08 bits per heavy atom. The van der Waals surface area contributed by atoms with Gasteiger partial charge in [0.25, 0.3) is 11.5 Å². The number of ether oxygens (including phenoxy) is 1. The smallest absolute Gasteiger partial charge is 0.327 e. The first-order chi connectivity index (χ1) is 12.3. The number of hydrogen-bond acceptors (Lipinski definition) is 5. The fourth-order valence-electron chi connectivity index (χ4n) is 3.06. The molecule has 1 unspecified atom stereocenters. The molecule has 2 rings (SSSR count).